The molecule has 0 amide bonds. The first-order chi connectivity index (χ1) is 9.10. The summed E-state index contributed by atoms with van der Waals surface area (Å²) in [5, 5.41) is 0. The van der Waals surface area contributed by atoms with Crippen LogP contribution in [0.4, 0.5) is 0 Å². The molecule has 0 bridgehead atoms. The first kappa shape index (κ1) is 14.6. The third-order valence-corrected chi connectivity index (χ3v) is 5.04. The summed E-state index contributed by atoms with van der Waals surface area (Å²) in [5.41, 5.74) is 8.83. The molecular formula is C18H29N. The summed E-state index contributed by atoms with van der Waals surface area (Å²) in [6.07, 6.45) is 5.29. The van der Waals surface area contributed by atoms with Crippen molar-refractivity contribution in [2.45, 2.75) is 46.5 Å². The smallest absolute Gasteiger partial charge is 0.00461 e. The van der Waals surface area contributed by atoms with Gasteiger partial charge in [-0.3, -0.25) is 0 Å². The van der Waals surface area contributed by atoms with Crippen molar-refractivity contribution < 1.29 is 0 Å². The molecule has 0 radical (unpaired) electrons. The summed E-state index contributed by atoms with van der Waals surface area (Å²) in [7, 11) is 0. The third-order valence-electron chi connectivity index (χ3n) is 5.04. The second kappa shape index (κ2) is 6.56. The van der Waals surface area contributed by atoms with Crippen molar-refractivity contribution in [3.8, 4) is 0 Å². The van der Waals surface area contributed by atoms with E-state index < -0.39 is 0 Å². The monoisotopic (exact) mass is 259 g/mol. The molecule has 0 aliphatic heterocycles. The highest BCUT2D eigenvalue weighted by molar-refractivity contribution is 5.21. The average molecular weight is 259 g/mol. The molecule has 1 aromatic carbocycles. The standard InChI is InChI=1S/C18H29N/c1-13(2)16-8-9-17(12-19)18(11-16)10-15-6-4-14(3)5-7-15/h4-7,13,16-18H,8-12,19H2,1-3H3. The number of hydrogen-bond donors (Lipinski definition) is 1. The van der Waals surface area contributed by atoms with Crippen LogP contribution in [-0.2, 0) is 6.42 Å². The number of rotatable bonds is 4. The number of benzene rings is 1. The largest absolute Gasteiger partial charge is 0.330 e. The summed E-state index contributed by atoms with van der Waals surface area (Å²) in [4.78, 5) is 0. The van der Waals surface area contributed by atoms with Crippen LogP contribution in [0.2, 0.25) is 0 Å². The molecule has 19 heavy (non-hydrogen) atoms. The lowest BCUT2D eigenvalue weighted by Gasteiger charge is -2.37. The minimum Gasteiger partial charge on any atom is -0.330 e. The van der Waals surface area contributed by atoms with Gasteiger partial charge in [-0.15, -0.1) is 0 Å². The lowest BCUT2D eigenvalue weighted by atomic mass is 9.69. The fraction of sp³-hybridized carbons (Fsp3) is 0.667. The summed E-state index contributed by atoms with van der Waals surface area (Å²) in [5.74, 6) is 3.24. The summed E-state index contributed by atoms with van der Waals surface area (Å²) in [6.45, 7) is 7.76. The molecule has 1 aromatic rings. The van der Waals surface area contributed by atoms with Gasteiger partial charge < -0.3 is 5.73 Å². The van der Waals surface area contributed by atoms with E-state index in [2.05, 4.69) is 45.0 Å². The lowest BCUT2D eigenvalue weighted by Crippen LogP contribution is -2.33. The predicted molar refractivity (Wildman–Crippen MR) is 83.1 cm³/mol. The molecule has 0 heterocycles. The van der Waals surface area contributed by atoms with Crippen molar-refractivity contribution in [2.75, 3.05) is 6.54 Å². The van der Waals surface area contributed by atoms with Gasteiger partial charge in [0.25, 0.3) is 0 Å². The maximum Gasteiger partial charge on any atom is -0.00461 e. The highest BCUT2D eigenvalue weighted by Crippen LogP contribution is 2.38. The van der Waals surface area contributed by atoms with Crippen LogP contribution in [0.15, 0.2) is 24.3 Å². The predicted octanol–water partition coefficient (Wildman–Crippen LogP) is 4.18. The van der Waals surface area contributed by atoms with E-state index in [-0.39, 0.29) is 0 Å². The second-order valence-electron chi connectivity index (χ2n) is 6.76. The van der Waals surface area contributed by atoms with E-state index in [1.165, 1.54) is 36.8 Å². The fourth-order valence-corrected chi connectivity index (χ4v) is 3.56. The van der Waals surface area contributed by atoms with Crippen LogP contribution in [0.5, 0.6) is 0 Å². The number of aryl methyl sites for hydroxylation is 1. The number of hydrogen-bond acceptors (Lipinski definition) is 1. The second-order valence-corrected chi connectivity index (χ2v) is 6.76. The molecule has 0 spiro atoms. The van der Waals surface area contributed by atoms with Crippen LogP contribution in [0.1, 0.15) is 44.2 Å². The Balaban J connectivity index is 2.03. The van der Waals surface area contributed by atoms with Gasteiger partial charge in [-0.1, -0.05) is 43.7 Å². The molecule has 1 aliphatic rings. The van der Waals surface area contributed by atoms with Gasteiger partial charge >= 0.3 is 0 Å². The van der Waals surface area contributed by atoms with Crippen molar-refractivity contribution in [3.63, 3.8) is 0 Å². The molecule has 0 saturated heterocycles. The van der Waals surface area contributed by atoms with E-state index in [0.717, 1.165) is 30.2 Å². The average Bonchev–Trinajstić information content (AvgIpc) is 2.41. The van der Waals surface area contributed by atoms with Gasteiger partial charge in [-0.2, -0.15) is 0 Å². The van der Waals surface area contributed by atoms with Gasteiger partial charge in [0.1, 0.15) is 0 Å². The van der Waals surface area contributed by atoms with E-state index in [9.17, 15) is 0 Å². The Kier molecular flexibility index (Phi) is 5.04. The van der Waals surface area contributed by atoms with Gasteiger partial charge in [0.2, 0.25) is 0 Å². The van der Waals surface area contributed by atoms with Gasteiger partial charge in [0.05, 0.1) is 0 Å². The Morgan fingerprint density at radius 3 is 2.37 bits per heavy atom. The van der Waals surface area contributed by atoms with Gasteiger partial charge in [-0.05, 0) is 68.4 Å². The quantitative estimate of drug-likeness (QED) is 0.862. The van der Waals surface area contributed by atoms with Gasteiger partial charge in [-0.25, -0.2) is 0 Å². The Morgan fingerprint density at radius 2 is 1.79 bits per heavy atom. The van der Waals surface area contributed by atoms with E-state index in [1.54, 1.807) is 0 Å². The minimum atomic E-state index is 0.733. The van der Waals surface area contributed by atoms with Crippen molar-refractivity contribution in [2.24, 2.45) is 29.4 Å². The molecule has 2 rings (SSSR count). The molecule has 1 heteroatoms. The number of nitrogens with two attached hydrogens (primary N) is 1. The molecule has 106 valence electrons. The van der Waals surface area contributed by atoms with Gasteiger partial charge in [0, 0.05) is 0 Å². The first-order valence-corrected chi connectivity index (χ1v) is 7.85. The highest BCUT2D eigenvalue weighted by Gasteiger charge is 2.30. The van der Waals surface area contributed by atoms with Crippen molar-refractivity contribution in [3.05, 3.63) is 35.4 Å². The van der Waals surface area contributed by atoms with E-state index in [1.807, 2.05) is 0 Å². The van der Waals surface area contributed by atoms with Crippen molar-refractivity contribution in [1.29, 1.82) is 0 Å². The van der Waals surface area contributed by atoms with Crippen molar-refractivity contribution >= 4 is 0 Å². The van der Waals surface area contributed by atoms with Crippen molar-refractivity contribution in [1.82, 2.24) is 0 Å². The third kappa shape index (κ3) is 3.82. The molecule has 1 saturated carbocycles. The summed E-state index contributed by atoms with van der Waals surface area (Å²) >= 11 is 0. The summed E-state index contributed by atoms with van der Waals surface area (Å²) in [6, 6.07) is 9.05. The van der Waals surface area contributed by atoms with E-state index in [0.29, 0.717) is 0 Å². The zero-order chi connectivity index (χ0) is 13.8. The zero-order valence-electron chi connectivity index (χ0n) is 12.7. The van der Waals surface area contributed by atoms with Crippen LogP contribution in [-0.4, -0.2) is 6.54 Å². The molecule has 3 atom stereocenters. The Hall–Kier alpha value is -0.820. The maximum atomic E-state index is 5.99. The summed E-state index contributed by atoms with van der Waals surface area (Å²) < 4.78 is 0. The fourth-order valence-electron chi connectivity index (χ4n) is 3.56. The Labute approximate surface area is 118 Å². The van der Waals surface area contributed by atoms with E-state index in [4.69, 9.17) is 5.73 Å². The zero-order valence-corrected chi connectivity index (χ0v) is 12.7. The topological polar surface area (TPSA) is 26.0 Å². The normalized spacial score (nSPS) is 27.7. The SMILES string of the molecule is Cc1ccc(CC2CC(C(C)C)CCC2CN)cc1. The minimum absolute atomic E-state index is 0.733. The van der Waals surface area contributed by atoms with Crippen LogP contribution >= 0.6 is 0 Å². The maximum absolute atomic E-state index is 5.99. The Morgan fingerprint density at radius 1 is 1.11 bits per heavy atom. The lowest BCUT2D eigenvalue weighted by molar-refractivity contribution is 0.151. The van der Waals surface area contributed by atoms with Crippen LogP contribution in [0.3, 0.4) is 0 Å². The van der Waals surface area contributed by atoms with Crippen LogP contribution in [0.25, 0.3) is 0 Å². The highest BCUT2D eigenvalue weighted by atomic mass is 14.6. The first-order valence-electron chi connectivity index (χ1n) is 7.85. The Bertz CT molecular complexity index is 379. The molecule has 0 aromatic heterocycles. The molecule has 1 nitrogen and oxygen atoms in total. The molecule has 1 aliphatic carbocycles. The van der Waals surface area contributed by atoms with Gasteiger partial charge in [0.15, 0.2) is 0 Å². The molecule has 2 N–H and O–H groups in total. The van der Waals surface area contributed by atoms with Crippen LogP contribution < -0.4 is 5.73 Å². The van der Waals surface area contributed by atoms with Crippen LogP contribution in [0, 0.1) is 30.6 Å². The van der Waals surface area contributed by atoms with E-state index >= 15 is 0 Å². The molecular weight excluding hydrogens is 230 g/mol. The molecule has 3 unspecified atom stereocenters. The molecule has 1 fully saturated rings.